The van der Waals surface area contributed by atoms with E-state index >= 15 is 0 Å². The van der Waals surface area contributed by atoms with E-state index in [-0.39, 0.29) is 12.0 Å². The summed E-state index contributed by atoms with van der Waals surface area (Å²) in [5.74, 6) is 0.246. The zero-order valence-electron chi connectivity index (χ0n) is 10.4. The highest BCUT2D eigenvalue weighted by Crippen LogP contribution is 2.22. The lowest BCUT2D eigenvalue weighted by atomic mass is 9.97. The Hall–Kier alpha value is -0.900. The summed E-state index contributed by atoms with van der Waals surface area (Å²) in [6.45, 7) is 6.62. The number of hydrogen-bond acceptors (Lipinski definition) is 3. The molecule has 17 heavy (non-hydrogen) atoms. The molecule has 1 aliphatic heterocycles. The summed E-state index contributed by atoms with van der Waals surface area (Å²) in [7, 11) is 0. The summed E-state index contributed by atoms with van der Waals surface area (Å²) in [5, 5.41) is 10.3. The van der Waals surface area contributed by atoms with Gasteiger partial charge in [-0.2, -0.15) is 0 Å². The third-order valence-corrected chi connectivity index (χ3v) is 3.33. The first-order valence-electron chi connectivity index (χ1n) is 6.30. The van der Waals surface area contributed by atoms with Gasteiger partial charge in [0.25, 0.3) is 0 Å². The summed E-state index contributed by atoms with van der Waals surface area (Å²) in [5.41, 5.74) is 1.01. The maximum absolute atomic E-state index is 10.3. The molecule has 1 aliphatic rings. The van der Waals surface area contributed by atoms with Gasteiger partial charge in [-0.3, -0.25) is 4.90 Å². The van der Waals surface area contributed by atoms with Crippen LogP contribution in [0.15, 0.2) is 30.3 Å². The molecule has 0 radical (unpaired) electrons. The Morgan fingerprint density at radius 2 is 1.88 bits per heavy atom. The van der Waals surface area contributed by atoms with Gasteiger partial charge in [-0.1, -0.05) is 37.3 Å². The van der Waals surface area contributed by atoms with Crippen LogP contribution in [-0.2, 0) is 4.74 Å². The summed E-state index contributed by atoms with van der Waals surface area (Å²) < 4.78 is 5.32. The molecule has 1 saturated heterocycles. The number of aliphatic hydroxyl groups excluding tert-OH is 1. The second kappa shape index (κ2) is 6.15. The Balaban J connectivity index is 1.88. The molecule has 3 nitrogen and oxygen atoms in total. The van der Waals surface area contributed by atoms with Gasteiger partial charge in [-0.15, -0.1) is 0 Å². The molecule has 2 atom stereocenters. The Kier molecular flexibility index (Phi) is 4.54. The van der Waals surface area contributed by atoms with E-state index in [4.69, 9.17) is 4.74 Å². The summed E-state index contributed by atoms with van der Waals surface area (Å²) in [6.07, 6.45) is -0.376. The van der Waals surface area contributed by atoms with Gasteiger partial charge in [0.15, 0.2) is 0 Å². The molecule has 94 valence electrons. The van der Waals surface area contributed by atoms with Crippen LogP contribution in [0.2, 0.25) is 0 Å². The van der Waals surface area contributed by atoms with Gasteiger partial charge in [0.05, 0.1) is 19.3 Å². The molecule has 0 unspecified atom stereocenters. The minimum absolute atomic E-state index is 0.246. The number of ether oxygens (including phenoxy) is 1. The van der Waals surface area contributed by atoms with Crippen molar-refractivity contribution < 1.29 is 9.84 Å². The van der Waals surface area contributed by atoms with Crippen LogP contribution in [0.1, 0.15) is 18.6 Å². The number of nitrogens with zero attached hydrogens (tertiary/aromatic N) is 1. The van der Waals surface area contributed by atoms with Gasteiger partial charge < -0.3 is 9.84 Å². The molecular formula is C14H21NO2. The standard InChI is InChI=1S/C14H21NO2/c1-12(11-15-7-9-17-10-8-15)14(16)13-5-3-2-4-6-13/h2-6,12,14,16H,7-11H2,1H3/t12-,14+/m1/s1. The second-order valence-electron chi connectivity index (χ2n) is 4.75. The Morgan fingerprint density at radius 1 is 1.24 bits per heavy atom. The number of hydrogen-bond donors (Lipinski definition) is 1. The smallest absolute Gasteiger partial charge is 0.0827 e. The van der Waals surface area contributed by atoms with Crippen molar-refractivity contribution >= 4 is 0 Å². The normalized spacial score (nSPS) is 21.1. The van der Waals surface area contributed by atoms with Crippen LogP contribution < -0.4 is 0 Å². The average Bonchev–Trinajstić information content (AvgIpc) is 2.40. The highest BCUT2D eigenvalue weighted by Gasteiger charge is 2.20. The van der Waals surface area contributed by atoms with Crippen molar-refractivity contribution in [1.82, 2.24) is 4.90 Å². The predicted molar refractivity (Wildman–Crippen MR) is 67.8 cm³/mol. The van der Waals surface area contributed by atoms with E-state index < -0.39 is 0 Å². The lowest BCUT2D eigenvalue weighted by molar-refractivity contribution is 0.0151. The highest BCUT2D eigenvalue weighted by atomic mass is 16.5. The fraction of sp³-hybridized carbons (Fsp3) is 0.571. The third kappa shape index (κ3) is 3.53. The van der Waals surface area contributed by atoms with Crippen LogP contribution in [0.5, 0.6) is 0 Å². The van der Waals surface area contributed by atoms with E-state index in [1.54, 1.807) is 0 Å². The molecule has 3 heteroatoms. The molecule has 1 fully saturated rings. The SMILES string of the molecule is C[C@H](CN1CCOCC1)[C@H](O)c1ccccc1. The van der Waals surface area contributed by atoms with E-state index in [2.05, 4.69) is 11.8 Å². The van der Waals surface area contributed by atoms with Crippen LogP contribution in [0.25, 0.3) is 0 Å². The first-order chi connectivity index (χ1) is 8.27. The number of benzene rings is 1. The first-order valence-corrected chi connectivity index (χ1v) is 6.30. The van der Waals surface area contributed by atoms with Crippen molar-refractivity contribution in [3.05, 3.63) is 35.9 Å². The van der Waals surface area contributed by atoms with Crippen molar-refractivity contribution in [1.29, 1.82) is 0 Å². The van der Waals surface area contributed by atoms with Crippen LogP contribution >= 0.6 is 0 Å². The van der Waals surface area contributed by atoms with Gasteiger partial charge in [-0.25, -0.2) is 0 Å². The van der Waals surface area contributed by atoms with Crippen LogP contribution in [0, 0.1) is 5.92 Å². The zero-order valence-corrected chi connectivity index (χ0v) is 10.4. The molecule has 1 heterocycles. The lowest BCUT2D eigenvalue weighted by Crippen LogP contribution is -2.39. The van der Waals surface area contributed by atoms with E-state index in [0.29, 0.717) is 0 Å². The monoisotopic (exact) mass is 235 g/mol. The minimum atomic E-state index is -0.376. The van der Waals surface area contributed by atoms with E-state index in [0.717, 1.165) is 38.4 Å². The summed E-state index contributed by atoms with van der Waals surface area (Å²) in [6, 6.07) is 9.89. The minimum Gasteiger partial charge on any atom is -0.388 e. The lowest BCUT2D eigenvalue weighted by Gasteiger charge is -2.31. The van der Waals surface area contributed by atoms with E-state index in [9.17, 15) is 5.11 Å². The molecule has 1 N–H and O–H groups in total. The van der Waals surface area contributed by atoms with Crippen LogP contribution in [0.4, 0.5) is 0 Å². The average molecular weight is 235 g/mol. The number of morpholine rings is 1. The van der Waals surface area contributed by atoms with Gasteiger partial charge in [0, 0.05) is 19.6 Å². The van der Waals surface area contributed by atoms with Crippen molar-refractivity contribution in [2.24, 2.45) is 5.92 Å². The number of rotatable bonds is 4. The highest BCUT2D eigenvalue weighted by molar-refractivity contribution is 5.17. The quantitative estimate of drug-likeness (QED) is 0.862. The Labute approximate surface area is 103 Å². The molecule has 0 aliphatic carbocycles. The van der Waals surface area contributed by atoms with Crippen molar-refractivity contribution in [2.75, 3.05) is 32.8 Å². The molecule has 0 aromatic heterocycles. The molecule has 1 aromatic rings. The van der Waals surface area contributed by atoms with Gasteiger partial charge >= 0.3 is 0 Å². The third-order valence-electron chi connectivity index (χ3n) is 3.33. The second-order valence-corrected chi connectivity index (χ2v) is 4.75. The molecule has 0 bridgehead atoms. The number of aliphatic hydroxyl groups is 1. The maximum atomic E-state index is 10.3. The molecule has 0 amide bonds. The van der Waals surface area contributed by atoms with Crippen molar-refractivity contribution in [3.8, 4) is 0 Å². The fourth-order valence-electron chi connectivity index (χ4n) is 2.27. The van der Waals surface area contributed by atoms with E-state index in [1.165, 1.54) is 0 Å². The molecular weight excluding hydrogens is 214 g/mol. The van der Waals surface area contributed by atoms with Gasteiger partial charge in [-0.05, 0) is 11.5 Å². The van der Waals surface area contributed by atoms with Crippen LogP contribution in [-0.4, -0.2) is 42.9 Å². The van der Waals surface area contributed by atoms with Crippen molar-refractivity contribution in [2.45, 2.75) is 13.0 Å². The molecule has 0 saturated carbocycles. The van der Waals surface area contributed by atoms with Gasteiger partial charge in [0.2, 0.25) is 0 Å². The summed E-state index contributed by atoms with van der Waals surface area (Å²) >= 11 is 0. The van der Waals surface area contributed by atoms with E-state index in [1.807, 2.05) is 30.3 Å². The topological polar surface area (TPSA) is 32.7 Å². The zero-order chi connectivity index (χ0) is 12.1. The Bertz CT molecular complexity index is 322. The fourth-order valence-corrected chi connectivity index (χ4v) is 2.27. The van der Waals surface area contributed by atoms with Gasteiger partial charge in [0.1, 0.15) is 0 Å². The van der Waals surface area contributed by atoms with Crippen molar-refractivity contribution in [3.63, 3.8) is 0 Å². The predicted octanol–water partition coefficient (Wildman–Crippen LogP) is 1.69. The summed E-state index contributed by atoms with van der Waals surface area (Å²) in [4.78, 5) is 2.36. The van der Waals surface area contributed by atoms with Crippen LogP contribution in [0.3, 0.4) is 0 Å². The maximum Gasteiger partial charge on any atom is 0.0827 e. The first kappa shape index (κ1) is 12.6. The Morgan fingerprint density at radius 3 is 2.53 bits per heavy atom. The molecule has 0 spiro atoms. The largest absolute Gasteiger partial charge is 0.388 e. The molecule has 1 aromatic carbocycles. The molecule has 2 rings (SSSR count).